The fourth-order valence-corrected chi connectivity index (χ4v) is 3.46. The maximum absolute atomic E-state index is 12.5. The molecule has 1 fully saturated rings. The van der Waals surface area contributed by atoms with Gasteiger partial charge in [0, 0.05) is 29.7 Å². The average molecular weight is 388 g/mol. The van der Waals surface area contributed by atoms with Crippen LogP contribution in [0.4, 0.5) is 5.69 Å². The molecule has 0 aliphatic carbocycles. The van der Waals surface area contributed by atoms with Crippen LogP contribution in [0.15, 0.2) is 36.4 Å². The maximum atomic E-state index is 12.5. The summed E-state index contributed by atoms with van der Waals surface area (Å²) in [6.45, 7) is 3.06. The molecule has 1 amide bonds. The number of amides is 1. The summed E-state index contributed by atoms with van der Waals surface area (Å²) in [5, 5.41) is 0.577. The number of aryl methyl sites for hydroxylation is 1. The van der Waals surface area contributed by atoms with E-state index in [4.69, 9.17) is 25.8 Å². The van der Waals surface area contributed by atoms with Crippen LogP contribution in [0.5, 0.6) is 17.2 Å². The Morgan fingerprint density at radius 2 is 1.93 bits per heavy atom. The molecule has 0 radical (unpaired) electrons. The smallest absolute Gasteiger partial charge is 0.316 e. The highest BCUT2D eigenvalue weighted by Crippen LogP contribution is 2.36. The molecule has 2 aromatic carbocycles. The Morgan fingerprint density at radius 1 is 1.15 bits per heavy atom. The molecule has 2 heterocycles. The van der Waals surface area contributed by atoms with E-state index in [1.165, 1.54) is 0 Å². The number of hydrogen-bond donors (Lipinski definition) is 0. The fraction of sp³-hybridized carbons (Fsp3) is 0.300. The van der Waals surface area contributed by atoms with Crippen molar-refractivity contribution in [2.45, 2.75) is 13.3 Å². The molecule has 2 aromatic rings. The molecule has 1 saturated heterocycles. The monoisotopic (exact) mass is 387 g/mol. The molecule has 27 heavy (non-hydrogen) atoms. The summed E-state index contributed by atoms with van der Waals surface area (Å²) >= 11 is 5.93. The van der Waals surface area contributed by atoms with Crippen molar-refractivity contribution in [3.05, 3.63) is 47.0 Å². The normalized spacial score (nSPS) is 18.5. The van der Waals surface area contributed by atoms with Gasteiger partial charge in [0.25, 0.3) is 0 Å². The average Bonchev–Trinajstić information content (AvgIpc) is 3.05. The molecule has 0 N–H and O–H groups in total. The lowest BCUT2D eigenvalue weighted by atomic mass is 10.1. The first kappa shape index (κ1) is 17.7. The van der Waals surface area contributed by atoms with Crippen LogP contribution in [-0.4, -0.2) is 31.6 Å². The van der Waals surface area contributed by atoms with E-state index >= 15 is 0 Å². The summed E-state index contributed by atoms with van der Waals surface area (Å²) in [5.74, 6) is 0.644. The van der Waals surface area contributed by atoms with Crippen LogP contribution >= 0.6 is 11.6 Å². The van der Waals surface area contributed by atoms with Crippen LogP contribution in [0.1, 0.15) is 12.0 Å². The Hall–Kier alpha value is -2.73. The van der Waals surface area contributed by atoms with Gasteiger partial charge >= 0.3 is 5.97 Å². The van der Waals surface area contributed by atoms with E-state index in [9.17, 15) is 9.59 Å². The van der Waals surface area contributed by atoms with Gasteiger partial charge in [-0.25, -0.2) is 0 Å². The van der Waals surface area contributed by atoms with Gasteiger partial charge in [0.15, 0.2) is 11.5 Å². The van der Waals surface area contributed by atoms with Gasteiger partial charge in [0.2, 0.25) is 5.91 Å². The highest BCUT2D eigenvalue weighted by atomic mass is 35.5. The Bertz CT molecular complexity index is 913. The van der Waals surface area contributed by atoms with Gasteiger partial charge in [0.1, 0.15) is 19.0 Å². The van der Waals surface area contributed by atoms with Crippen molar-refractivity contribution in [3.8, 4) is 17.2 Å². The maximum Gasteiger partial charge on any atom is 0.316 e. The predicted octanol–water partition coefficient (Wildman–Crippen LogP) is 3.38. The third-order valence-corrected chi connectivity index (χ3v) is 4.88. The van der Waals surface area contributed by atoms with Gasteiger partial charge in [-0.15, -0.1) is 0 Å². The SMILES string of the molecule is Cc1cc(Cl)ccc1OC(=O)[C@@H]1CC(=O)N(c2ccc3c(c2)OCCO3)C1. The van der Waals surface area contributed by atoms with E-state index in [2.05, 4.69) is 0 Å². The van der Waals surface area contributed by atoms with Crippen LogP contribution in [0.3, 0.4) is 0 Å². The summed E-state index contributed by atoms with van der Waals surface area (Å²) < 4.78 is 16.6. The fourth-order valence-electron chi connectivity index (χ4n) is 3.23. The zero-order valence-corrected chi connectivity index (χ0v) is 15.5. The largest absolute Gasteiger partial charge is 0.486 e. The summed E-state index contributed by atoms with van der Waals surface area (Å²) in [5.41, 5.74) is 1.45. The van der Waals surface area contributed by atoms with E-state index in [1.807, 2.05) is 6.92 Å². The molecule has 0 bridgehead atoms. The summed E-state index contributed by atoms with van der Waals surface area (Å²) in [6.07, 6.45) is 0.111. The van der Waals surface area contributed by atoms with Gasteiger partial charge in [-0.1, -0.05) is 11.6 Å². The quantitative estimate of drug-likeness (QED) is 0.596. The van der Waals surface area contributed by atoms with Crippen molar-refractivity contribution in [1.29, 1.82) is 0 Å². The highest BCUT2D eigenvalue weighted by molar-refractivity contribution is 6.30. The predicted molar refractivity (Wildman–Crippen MR) is 99.7 cm³/mol. The van der Waals surface area contributed by atoms with E-state index in [0.29, 0.717) is 41.2 Å². The van der Waals surface area contributed by atoms with E-state index in [1.54, 1.807) is 41.3 Å². The molecular formula is C20H18ClNO5. The molecule has 140 valence electrons. The molecule has 2 aliphatic heterocycles. The number of anilines is 1. The van der Waals surface area contributed by atoms with Crippen LogP contribution in [0.25, 0.3) is 0 Å². The first-order valence-electron chi connectivity index (χ1n) is 8.69. The summed E-state index contributed by atoms with van der Waals surface area (Å²) in [6, 6.07) is 10.4. The summed E-state index contributed by atoms with van der Waals surface area (Å²) in [7, 11) is 0. The van der Waals surface area contributed by atoms with Gasteiger partial charge in [-0.3, -0.25) is 9.59 Å². The minimum atomic E-state index is -0.527. The Labute approximate surface area is 161 Å². The van der Waals surface area contributed by atoms with Crippen molar-refractivity contribution >= 4 is 29.2 Å². The molecule has 1 atom stereocenters. The second kappa shape index (κ2) is 7.12. The molecule has 7 heteroatoms. The molecule has 0 spiro atoms. The van der Waals surface area contributed by atoms with Crippen molar-refractivity contribution < 1.29 is 23.8 Å². The number of hydrogen-bond acceptors (Lipinski definition) is 5. The number of carbonyl (C=O) groups is 2. The van der Waals surface area contributed by atoms with Crippen LogP contribution < -0.4 is 19.1 Å². The molecule has 0 saturated carbocycles. The van der Waals surface area contributed by atoms with E-state index in [0.717, 1.165) is 5.56 Å². The van der Waals surface area contributed by atoms with Crippen LogP contribution in [0.2, 0.25) is 5.02 Å². The standard InChI is InChI=1S/C20H18ClNO5/c1-12-8-14(21)2-4-16(12)27-20(24)13-9-19(23)22(11-13)15-3-5-17-18(10-15)26-7-6-25-17/h2-5,8,10,13H,6-7,9,11H2,1H3/t13-/m1/s1. The van der Waals surface area contributed by atoms with Gasteiger partial charge in [-0.05, 0) is 42.8 Å². The molecule has 4 rings (SSSR count). The zero-order valence-electron chi connectivity index (χ0n) is 14.7. The number of rotatable bonds is 3. The lowest BCUT2D eigenvalue weighted by Crippen LogP contribution is -2.27. The molecular weight excluding hydrogens is 370 g/mol. The van der Waals surface area contributed by atoms with Crippen molar-refractivity contribution in [2.75, 3.05) is 24.7 Å². The van der Waals surface area contributed by atoms with Crippen molar-refractivity contribution in [1.82, 2.24) is 0 Å². The minimum Gasteiger partial charge on any atom is -0.486 e. The lowest BCUT2D eigenvalue weighted by molar-refractivity contribution is -0.139. The number of benzene rings is 2. The second-order valence-electron chi connectivity index (χ2n) is 6.56. The third kappa shape index (κ3) is 3.57. The molecule has 0 aromatic heterocycles. The first-order chi connectivity index (χ1) is 13.0. The number of halogens is 1. The number of ether oxygens (including phenoxy) is 3. The van der Waals surface area contributed by atoms with E-state index in [-0.39, 0.29) is 18.9 Å². The van der Waals surface area contributed by atoms with Crippen molar-refractivity contribution in [2.24, 2.45) is 5.92 Å². The lowest BCUT2D eigenvalue weighted by Gasteiger charge is -2.22. The number of nitrogens with zero attached hydrogens (tertiary/aromatic N) is 1. The van der Waals surface area contributed by atoms with Gasteiger partial charge < -0.3 is 19.1 Å². The first-order valence-corrected chi connectivity index (χ1v) is 9.07. The van der Waals surface area contributed by atoms with Gasteiger partial charge in [0.05, 0.1) is 5.92 Å². The van der Waals surface area contributed by atoms with Crippen LogP contribution in [0, 0.1) is 12.8 Å². The Kier molecular flexibility index (Phi) is 4.66. The van der Waals surface area contributed by atoms with E-state index < -0.39 is 11.9 Å². The Morgan fingerprint density at radius 3 is 2.70 bits per heavy atom. The van der Waals surface area contributed by atoms with Crippen molar-refractivity contribution in [3.63, 3.8) is 0 Å². The third-order valence-electron chi connectivity index (χ3n) is 4.64. The minimum absolute atomic E-state index is 0.111. The highest BCUT2D eigenvalue weighted by Gasteiger charge is 2.37. The second-order valence-corrected chi connectivity index (χ2v) is 7.00. The number of carbonyl (C=O) groups excluding carboxylic acids is 2. The number of esters is 1. The Balaban J connectivity index is 1.48. The number of fused-ring (bicyclic) bond motifs is 1. The van der Waals surface area contributed by atoms with Gasteiger partial charge in [-0.2, -0.15) is 0 Å². The molecule has 6 nitrogen and oxygen atoms in total. The molecule has 0 unspecified atom stereocenters. The zero-order chi connectivity index (χ0) is 19.0. The summed E-state index contributed by atoms with van der Waals surface area (Å²) in [4.78, 5) is 26.6. The topological polar surface area (TPSA) is 65.1 Å². The molecule has 2 aliphatic rings. The van der Waals surface area contributed by atoms with Crippen LogP contribution in [-0.2, 0) is 9.59 Å².